The molecule has 21 heteroatoms. The first-order valence-corrected chi connectivity index (χ1v) is 32.3. The standard InChI is InChI=1S/C75H68F6N15/c1-5-51-35-56(38-62(77)36-51)70(53-20-24-63(25-21-53)94-72(57-32-48(2)39-82-42-57)91-29-26-88(45-66(91)85-94)69(52-12-7-6-8-13-52)55-14-11-15-60(37-55)75(79,80)81)89-27-30-92-67(46-89)86-95(73(92)58-33-49(3)40-83-43-58)96-74(59-34-50(4)41-84-44-59)93-31-28-90(47-68(93)87-96)71(54-18-22-61(76)23-19-54)64-16-9-10-17-65(64)78/h6-25,32-44,69-71H,5,26-31,45-47H2,1-4H3/q+3. The van der Waals surface area contributed by atoms with Crippen LogP contribution in [-0.2, 0) is 51.9 Å². The van der Waals surface area contributed by atoms with Gasteiger partial charge in [0.1, 0.15) is 24.0 Å². The fraction of sp³-hybridized carbons (Fsp3) is 0.240. The predicted octanol–water partition coefficient (Wildman–Crippen LogP) is 12.4. The van der Waals surface area contributed by atoms with E-state index in [-0.39, 0.29) is 17.5 Å². The maximum absolute atomic E-state index is 16.1. The van der Waals surface area contributed by atoms with E-state index >= 15 is 8.78 Å². The van der Waals surface area contributed by atoms with Gasteiger partial charge in [0, 0.05) is 62.4 Å². The molecule has 6 aromatic heterocycles. The number of hydrogen-bond acceptors (Lipinski definition) is 9. The van der Waals surface area contributed by atoms with Crippen molar-refractivity contribution >= 4 is 0 Å². The van der Waals surface area contributed by atoms with Crippen LogP contribution in [0.25, 0.3) is 39.9 Å². The van der Waals surface area contributed by atoms with Crippen molar-refractivity contribution in [3.8, 4) is 39.9 Å². The maximum atomic E-state index is 16.1. The predicted molar refractivity (Wildman–Crippen MR) is 347 cm³/mol. The minimum atomic E-state index is -4.51. The van der Waals surface area contributed by atoms with E-state index in [4.69, 9.17) is 20.3 Å². The molecule has 12 aromatic rings. The van der Waals surface area contributed by atoms with Crippen LogP contribution in [0.5, 0.6) is 0 Å². The van der Waals surface area contributed by atoms with Gasteiger partial charge in [0.15, 0.2) is 5.69 Å². The second-order valence-corrected chi connectivity index (χ2v) is 25.2. The number of nitrogens with zero attached hydrogens (tertiary/aromatic N) is 15. The minimum absolute atomic E-state index is 0.304. The molecule has 0 amide bonds. The summed E-state index contributed by atoms with van der Waals surface area (Å²) in [5.41, 5.74) is 10.6. The Bertz CT molecular complexity index is 4870. The zero-order valence-corrected chi connectivity index (χ0v) is 53.3. The van der Waals surface area contributed by atoms with E-state index in [0.717, 1.165) is 102 Å². The van der Waals surface area contributed by atoms with E-state index in [1.165, 1.54) is 30.3 Å². The van der Waals surface area contributed by atoms with Gasteiger partial charge in [-0.3, -0.25) is 29.7 Å². The largest absolute Gasteiger partial charge is 0.416 e. The number of pyridine rings is 3. The lowest BCUT2D eigenvalue weighted by Crippen LogP contribution is -2.71. The zero-order chi connectivity index (χ0) is 65.9. The second-order valence-electron chi connectivity index (χ2n) is 25.2. The number of alkyl halides is 3. The van der Waals surface area contributed by atoms with Gasteiger partial charge in [0.05, 0.1) is 92.9 Å². The number of benzene rings is 6. The van der Waals surface area contributed by atoms with Crippen molar-refractivity contribution in [1.82, 2.24) is 58.6 Å². The monoisotopic (exact) mass is 1290 g/mol. The van der Waals surface area contributed by atoms with E-state index in [1.807, 2.05) is 128 Å². The van der Waals surface area contributed by atoms with Crippen LogP contribution >= 0.6 is 0 Å². The molecular formula is C75H68F6N15+3. The lowest BCUT2D eigenvalue weighted by Gasteiger charge is -2.33. The van der Waals surface area contributed by atoms with Crippen molar-refractivity contribution in [2.75, 3.05) is 19.6 Å². The molecule has 0 saturated carbocycles. The molecular weight excluding hydrogens is 1220 g/mol. The molecule has 0 N–H and O–H groups in total. The topological polar surface area (TPSA) is 113 Å². The molecule has 6 aromatic carbocycles. The van der Waals surface area contributed by atoms with E-state index in [2.05, 4.69) is 74.8 Å². The Morgan fingerprint density at radius 2 is 0.906 bits per heavy atom. The van der Waals surface area contributed by atoms with Crippen molar-refractivity contribution < 1.29 is 40.6 Å². The third kappa shape index (κ3) is 11.8. The molecule has 0 fully saturated rings. The molecule has 3 unspecified atom stereocenters. The highest BCUT2D eigenvalue weighted by atomic mass is 19.4. The number of rotatable bonds is 15. The molecule has 0 radical (unpaired) electrons. The molecule has 0 spiro atoms. The summed E-state index contributed by atoms with van der Waals surface area (Å²) in [6.07, 6.45) is 7.04. The molecule has 9 heterocycles. The third-order valence-corrected chi connectivity index (χ3v) is 18.6. The van der Waals surface area contributed by atoms with Gasteiger partial charge in [0.25, 0.3) is 17.5 Å². The van der Waals surface area contributed by atoms with Crippen LogP contribution in [0, 0.1) is 38.2 Å². The Morgan fingerprint density at radius 1 is 0.427 bits per heavy atom. The highest BCUT2D eigenvalue weighted by Crippen LogP contribution is 2.40. The molecule has 3 aliphatic rings. The smallest absolute Gasteiger partial charge is 0.279 e. The Hall–Kier alpha value is -10.4. The van der Waals surface area contributed by atoms with Crippen LogP contribution in [0.2, 0.25) is 0 Å². The van der Waals surface area contributed by atoms with Gasteiger partial charge in [-0.05, 0) is 155 Å². The molecule has 0 aliphatic carbocycles. The zero-order valence-electron chi connectivity index (χ0n) is 53.3. The van der Waals surface area contributed by atoms with Gasteiger partial charge in [-0.1, -0.05) is 103 Å². The van der Waals surface area contributed by atoms with Gasteiger partial charge in [-0.2, -0.15) is 13.2 Å². The SMILES string of the molecule is CCc1cc(F)cc(C(c2ccc(-[n+]3nc4n(c3-c3cncc(C)c3)CCN(C(c3ccccc3)c3cccc(C(F)(F)F)c3)C4)cc2)N2CCn3c(n[n+](-[n+]4nc5n(c4-c4cncc(C)c4)CCN(C(c4ccc(F)cc4)c4ccccc4F)C5)c3-c3cncc(C)c3)C2)c1. The lowest BCUT2D eigenvalue weighted by molar-refractivity contribution is -1.33. The summed E-state index contributed by atoms with van der Waals surface area (Å²) in [6, 6.07) is 46.5. The first-order valence-electron chi connectivity index (χ1n) is 32.3. The first-order chi connectivity index (χ1) is 46.6. The Morgan fingerprint density at radius 3 is 1.46 bits per heavy atom. The molecule has 3 atom stereocenters. The lowest BCUT2D eigenvalue weighted by atomic mass is 9.94. The highest BCUT2D eigenvalue weighted by Gasteiger charge is 2.45. The van der Waals surface area contributed by atoms with Gasteiger partial charge < -0.3 is 0 Å². The summed E-state index contributed by atoms with van der Waals surface area (Å²) in [7, 11) is 0. The maximum Gasteiger partial charge on any atom is 0.416 e. The highest BCUT2D eigenvalue weighted by molar-refractivity contribution is 5.56. The number of fused-ring (bicyclic) bond motifs is 3. The normalized spacial score (nSPS) is 15.4. The number of aromatic nitrogens is 12. The van der Waals surface area contributed by atoms with Crippen LogP contribution in [0.4, 0.5) is 26.3 Å². The van der Waals surface area contributed by atoms with Crippen LogP contribution in [0.15, 0.2) is 201 Å². The van der Waals surface area contributed by atoms with E-state index < -0.39 is 29.9 Å². The van der Waals surface area contributed by atoms with Gasteiger partial charge in [-0.25, -0.2) is 26.9 Å². The van der Waals surface area contributed by atoms with Crippen LogP contribution in [0.1, 0.15) is 104 Å². The average Bonchev–Trinajstić information content (AvgIpc) is 1.58. The molecule has 482 valence electrons. The fourth-order valence-electron chi connectivity index (χ4n) is 14.3. The van der Waals surface area contributed by atoms with Crippen molar-refractivity contribution in [3.05, 3.63) is 297 Å². The second kappa shape index (κ2) is 25.4. The molecule has 96 heavy (non-hydrogen) atoms. The summed E-state index contributed by atoms with van der Waals surface area (Å²) in [5, 5.41) is 16.4. The molecule has 0 bridgehead atoms. The summed E-state index contributed by atoms with van der Waals surface area (Å²) in [6.45, 7) is 12.0. The van der Waals surface area contributed by atoms with Gasteiger partial charge in [0.2, 0.25) is 0 Å². The van der Waals surface area contributed by atoms with Crippen LogP contribution in [-0.4, -0.2) is 78.3 Å². The van der Waals surface area contributed by atoms with Crippen molar-refractivity contribution in [3.63, 3.8) is 0 Å². The van der Waals surface area contributed by atoms with Crippen molar-refractivity contribution in [2.24, 2.45) is 0 Å². The summed E-state index contributed by atoms with van der Waals surface area (Å²) in [5.74, 6) is 3.35. The quantitative estimate of drug-likeness (QED) is 0.0731. The van der Waals surface area contributed by atoms with Gasteiger partial charge in [-0.15, -0.1) is 0 Å². The van der Waals surface area contributed by atoms with Crippen LogP contribution < -0.4 is 14.3 Å². The molecule has 0 saturated heterocycles. The minimum Gasteiger partial charge on any atom is -0.279 e. The number of hydrogen-bond donors (Lipinski definition) is 0. The van der Waals surface area contributed by atoms with Crippen molar-refractivity contribution in [1.29, 1.82) is 0 Å². The molecule has 15 nitrogen and oxygen atoms in total. The number of aryl methyl sites for hydroxylation is 4. The first kappa shape index (κ1) is 61.8. The van der Waals surface area contributed by atoms with E-state index in [9.17, 15) is 17.6 Å². The van der Waals surface area contributed by atoms with E-state index in [1.54, 1.807) is 42.5 Å². The Balaban J connectivity index is 0.817. The summed E-state index contributed by atoms with van der Waals surface area (Å²) in [4.78, 5) is 24.4. The summed E-state index contributed by atoms with van der Waals surface area (Å²) < 4.78 is 98.0. The summed E-state index contributed by atoms with van der Waals surface area (Å²) >= 11 is 0. The van der Waals surface area contributed by atoms with Gasteiger partial charge >= 0.3 is 23.6 Å². The van der Waals surface area contributed by atoms with Crippen LogP contribution in [0.3, 0.4) is 0 Å². The number of halogens is 6. The Labute approximate surface area is 551 Å². The van der Waals surface area contributed by atoms with Crippen molar-refractivity contribution in [2.45, 2.75) is 97.7 Å². The molecule has 3 aliphatic heterocycles. The van der Waals surface area contributed by atoms with E-state index in [0.29, 0.717) is 82.3 Å². The average molecular weight is 1290 g/mol. The Kier molecular flexibility index (Phi) is 16.4. The third-order valence-electron chi connectivity index (χ3n) is 18.6. The fourth-order valence-corrected chi connectivity index (χ4v) is 14.3. The molecule has 15 rings (SSSR count).